The maximum atomic E-state index is 12.0. The topological polar surface area (TPSA) is 70.2 Å². The highest BCUT2D eigenvalue weighted by Crippen LogP contribution is 2.18. The predicted molar refractivity (Wildman–Crippen MR) is 89.0 cm³/mol. The molecule has 1 aromatic rings. The van der Waals surface area contributed by atoms with Gasteiger partial charge < -0.3 is 16.0 Å². The van der Waals surface area contributed by atoms with Gasteiger partial charge in [0, 0.05) is 23.8 Å². The standard InChI is InChI=1S/C17H25N3O2/c1-2-7-16(21)18-14-10-6-11-15(12-14)20-17(22)19-13-8-4-3-5-9-13/h6,10-13H,2-5,7-9H2,1H3,(H,18,21)(H2,19,20,22). The predicted octanol–water partition coefficient (Wildman–Crippen LogP) is 3.88. The number of anilines is 2. The summed E-state index contributed by atoms with van der Waals surface area (Å²) in [6.45, 7) is 1.97. The lowest BCUT2D eigenvalue weighted by molar-refractivity contribution is -0.116. The lowest BCUT2D eigenvalue weighted by atomic mass is 9.96. The number of hydrogen-bond acceptors (Lipinski definition) is 2. The molecule has 120 valence electrons. The van der Waals surface area contributed by atoms with E-state index in [1.807, 2.05) is 25.1 Å². The zero-order chi connectivity index (χ0) is 15.8. The summed E-state index contributed by atoms with van der Waals surface area (Å²) in [4.78, 5) is 23.6. The molecule has 0 radical (unpaired) electrons. The molecular weight excluding hydrogens is 278 g/mol. The van der Waals surface area contributed by atoms with Gasteiger partial charge in [0.25, 0.3) is 0 Å². The van der Waals surface area contributed by atoms with Crippen LogP contribution in [0.2, 0.25) is 0 Å². The fourth-order valence-electron chi connectivity index (χ4n) is 2.72. The summed E-state index contributed by atoms with van der Waals surface area (Å²) in [6.07, 6.45) is 7.06. The Morgan fingerprint density at radius 3 is 2.45 bits per heavy atom. The van der Waals surface area contributed by atoms with E-state index in [4.69, 9.17) is 0 Å². The molecule has 1 aromatic carbocycles. The third-order valence-electron chi connectivity index (χ3n) is 3.82. The second-order valence-corrected chi connectivity index (χ2v) is 5.81. The number of carbonyl (C=O) groups excluding carboxylic acids is 2. The quantitative estimate of drug-likeness (QED) is 0.772. The fraction of sp³-hybridized carbons (Fsp3) is 0.529. The van der Waals surface area contributed by atoms with Crippen LogP contribution in [0.4, 0.5) is 16.2 Å². The van der Waals surface area contributed by atoms with Crippen LogP contribution in [0.1, 0.15) is 51.9 Å². The second kappa shape index (κ2) is 8.41. The molecule has 0 spiro atoms. The molecule has 3 N–H and O–H groups in total. The zero-order valence-corrected chi connectivity index (χ0v) is 13.2. The summed E-state index contributed by atoms with van der Waals surface area (Å²) in [5.74, 6) is -0.00805. The summed E-state index contributed by atoms with van der Waals surface area (Å²) in [6, 6.07) is 7.32. The van der Waals surface area contributed by atoms with Crippen LogP contribution in [0.3, 0.4) is 0 Å². The lowest BCUT2D eigenvalue weighted by Crippen LogP contribution is -2.39. The Labute approximate surface area is 131 Å². The smallest absolute Gasteiger partial charge is 0.319 e. The van der Waals surface area contributed by atoms with Gasteiger partial charge in [-0.05, 0) is 37.5 Å². The molecule has 0 heterocycles. The van der Waals surface area contributed by atoms with Crippen molar-refractivity contribution in [2.24, 2.45) is 0 Å². The van der Waals surface area contributed by atoms with Crippen molar-refractivity contribution in [2.45, 2.75) is 57.9 Å². The molecule has 0 saturated heterocycles. The van der Waals surface area contributed by atoms with E-state index >= 15 is 0 Å². The molecular formula is C17H25N3O2. The molecule has 0 atom stereocenters. The fourth-order valence-corrected chi connectivity index (χ4v) is 2.72. The first-order chi connectivity index (χ1) is 10.7. The molecule has 3 amide bonds. The van der Waals surface area contributed by atoms with E-state index in [9.17, 15) is 9.59 Å². The summed E-state index contributed by atoms with van der Waals surface area (Å²) in [5, 5.41) is 8.67. The van der Waals surface area contributed by atoms with Crippen LogP contribution in [-0.2, 0) is 4.79 Å². The minimum Gasteiger partial charge on any atom is -0.335 e. The number of urea groups is 1. The van der Waals surface area contributed by atoms with Crippen LogP contribution < -0.4 is 16.0 Å². The van der Waals surface area contributed by atoms with E-state index in [0.717, 1.165) is 19.3 Å². The maximum Gasteiger partial charge on any atom is 0.319 e. The van der Waals surface area contributed by atoms with E-state index < -0.39 is 0 Å². The van der Waals surface area contributed by atoms with E-state index in [0.29, 0.717) is 17.8 Å². The van der Waals surface area contributed by atoms with Crippen molar-refractivity contribution in [2.75, 3.05) is 10.6 Å². The highest BCUT2D eigenvalue weighted by Gasteiger charge is 2.15. The second-order valence-electron chi connectivity index (χ2n) is 5.81. The highest BCUT2D eigenvalue weighted by molar-refractivity contribution is 5.93. The lowest BCUT2D eigenvalue weighted by Gasteiger charge is -2.22. The van der Waals surface area contributed by atoms with Gasteiger partial charge in [-0.25, -0.2) is 4.79 Å². The van der Waals surface area contributed by atoms with Crippen molar-refractivity contribution < 1.29 is 9.59 Å². The van der Waals surface area contributed by atoms with Crippen LogP contribution in [-0.4, -0.2) is 18.0 Å². The van der Waals surface area contributed by atoms with Crippen molar-refractivity contribution in [3.63, 3.8) is 0 Å². The van der Waals surface area contributed by atoms with Crippen LogP contribution in [0.25, 0.3) is 0 Å². The third kappa shape index (κ3) is 5.39. The SMILES string of the molecule is CCCC(=O)Nc1cccc(NC(=O)NC2CCCCC2)c1. The van der Waals surface area contributed by atoms with Gasteiger partial charge in [-0.2, -0.15) is 0 Å². The molecule has 1 aliphatic carbocycles. The van der Waals surface area contributed by atoms with E-state index in [1.165, 1.54) is 19.3 Å². The monoisotopic (exact) mass is 303 g/mol. The molecule has 1 fully saturated rings. The van der Waals surface area contributed by atoms with E-state index in [1.54, 1.807) is 6.07 Å². The van der Waals surface area contributed by atoms with Gasteiger partial charge in [-0.15, -0.1) is 0 Å². The Kier molecular flexibility index (Phi) is 6.25. The third-order valence-corrected chi connectivity index (χ3v) is 3.82. The number of hydrogen-bond donors (Lipinski definition) is 3. The first-order valence-electron chi connectivity index (χ1n) is 8.15. The largest absolute Gasteiger partial charge is 0.335 e. The molecule has 1 aliphatic rings. The van der Waals surface area contributed by atoms with Crippen molar-refractivity contribution >= 4 is 23.3 Å². The normalized spacial score (nSPS) is 15.1. The highest BCUT2D eigenvalue weighted by atomic mass is 16.2. The number of nitrogens with one attached hydrogen (secondary N) is 3. The van der Waals surface area contributed by atoms with Gasteiger partial charge in [0.05, 0.1) is 0 Å². The molecule has 0 aliphatic heterocycles. The Morgan fingerprint density at radius 2 is 1.77 bits per heavy atom. The average molecular weight is 303 g/mol. The van der Waals surface area contributed by atoms with Gasteiger partial charge in [0.2, 0.25) is 5.91 Å². The first kappa shape index (κ1) is 16.3. The maximum absolute atomic E-state index is 12.0. The number of rotatable bonds is 5. The van der Waals surface area contributed by atoms with Crippen LogP contribution in [0.15, 0.2) is 24.3 Å². The molecule has 0 unspecified atom stereocenters. The van der Waals surface area contributed by atoms with Gasteiger partial charge in [-0.1, -0.05) is 32.3 Å². The summed E-state index contributed by atoms with van der Waals surface area (Å²) in [5.41, 5.74) is 1.39. The van der Waals surface area contributed by atoms with Crippen molar-refractivity contribution in [3.8, 4) is 0 Å². The number of carbonyl (C=O) groups is 2. The minimum atomic E-state index is -0.177. The van der Waals surface area contributed by atoms with Gasteiger partial charge in [0.1, 0.15) is 0 Å². The van der Waals surface area contributed by atoms with Crippen molar-refractivity contribution in [3.05, 3.63) is 24.3 Å². The van der Waals surface area contributed by atoms with E-state index in [2.05, 4.69) is 16.0 Å². The summed E-state index contributed by atoms with van der Waals surface area (Å²) < 4.78 is 0. The van der Waals surface area contributed by atoms with Crippen LogP contribution in [0.5, 0.6) is 0 Å². The van der Waals surface area contributed by atoms with Gasteiger partial charge in [-0.3, -0.25) is 4.79 Å². The Bertz CT molecular complexity index is 510. The summed E-state index contributed by atoms with van der Waals surface area (Å²) >= 11 is 0. The first-order valence-corrected chi connectivity index (χ1v) is 8.15. The molecule has 5 nitrogen and oxygen atoms in total. The van der Waals surface area contributed by atoms with Crippen molar-refractivity contribution in [1.29, 1.82) is 0 Å². The molecule has 0 bridgehead atoms. The Balaban J connectivity index is 1.86. The Morgan fingerprint density at radius 1 is 1.09 bits per heavy atom. The van der Waals surface area contributed by atoms with Crippen LogP contribution in [0, 0.1) is 0 Å². The molecule has 5 heteroatoms. The molecule has 0 aromatic heterocycles. The molecule has 1 saturated carbocycles. The van der Waals surface area contributed by atoms with Crippen LogP contribution >= 0.6 is 0 Å². The minimum absolute atomic E-state index is 0.00805. The average Bonchev–Trinajstić information content (AvgIpc) is 2.48. The summed E-state index contributed by atoms with van der Waals surface area (Å²) in [7, 11) is 0. The molecule has 22 heavy (non-hydrogen) atoms. The van der Waals surface area contributed by atoms with Gasteiger partial charge >= 0.3 is 6.03 Å². The Hall–Kier alpha value is -2.04. The van der Waals surface area contributed by atoms with E-state index in [-0.39, 0.29) is 18.0 Å². The number of amides is 3. The van der Waals surface area contributed by atoms with Gasteiger partial charge in [0.15, 0.2) is 0 Å². The molecule has 2 rings (SSSR count). The van der Waals surface area contributed by atoms with Crippen molar-refractivity contribution in [1.82, 2.24) is 5.32 Å². The zero-order valence-electron chi connectivity index (χ0n) is 13.2. The number of benzene rings is 1.